The largest absolute Gasteiger partial charge is 0.481 e. The van der Waals surface area contributed by atoms with Crippen molar-refractivity contribution in [3.05, 3.63) is 60.0 Å². The third-order valence-electron chi connectivity index (χ3n) is 5.22. The number of benzene rings is 1. The summed E-state index contributed by atoms with van der Waals surface area (Å²) in [5.74, 6) is -0.927. The van der Waals surface area contributed by atoms with E-state index in [0.717, 1.165) is 0 Å². The van der Waals surface area contributed by atoms with Gasteiger partial charge in [0.15, 0.2) is 5.65 Å². The van der Waals surface area contributed by atoms with Crippen molar-refractivity contribution in [3.63, 3.8) is 0 Å². The van der Waals surface area contributed by atoms with E-state index in [1.54, 1.807) is 16.5 Å². The number of rotatable bonds is 4. The minimum Gasteiger partial charge on any atom is -0.481 e. The Hall–Kier alpha value is -3.00. The van der Waals surface area contributed by atoms with Gasteiger partial charge in [-0.2, -0.15) is 0 Å². The first kappa shape index (κ1) is 17.4. The maximum atomic E-state index is 13.2. The lowest BCUT2D eigenvalue weighted by Crippen LogP contribution is -2.57. The molecular weight excluding hydrogens is 351 g/mol. The van der Waals surface area contributed by atoms with E-state index < -0.39 is 17.5 Å². The number of nitrogens with zero attached hydrogens (tertiary/aromatic N) is 4. The molecule has 1 saturated heterocycles. The molecule has 0 aliphatic carbocycles. The predicted octanol–water partition coefficient (Wildman–Crippen LogP) is 1.75. The third kappa shape index (κ3) is 3.02. The summed E-state index contributed by atoms with van der Waals surface area (Å²) in [4.78, 5) is 14.1. The van der Waals surface area contributed by atoms with Crippen molar-refractivity contribution in [1.29, 1.82) is 0 Å². The summed E-state index contributed by atoms with van der Waals surface area (Å²) in [7, 11) is 0. The lowest BCUT2D eigenvalue weighted by molar-refractivity contribution is -0.157. The molecule has 4 rings (SSSR count). The Morgan fingerprint density at radius 3 is 2.74 bits per heavy atom. The van der Waals surface area contributed by atoms with E-state index in [4.69, 9.17) is 0 Å². The fraction of sp³-hybridized carbons (Fsp3) is 0.316. The molecule has 1 aliphatic heterocycles. The first-order valence-electron chi connectivity index (χ1n) is 8.70. The summed E-state index contributed by atoms with van der Waals surface area (Å²) in [6.45, 7) is 0.547. The number of aliphatic hydroxyl groups is 1. The van der Waals surface area contributed by atoms with Gasteiger partial charge in [-0.05, 0) is 42.7 Å². The SMILES string of the molecule is O=C(O)[C@]1(Cc2ccc(F)cc2)CN(c2nnc3ccccn23)CC[C@@H]1O. The maximum Gasteiger partial charge on any atom is 0.314 e. The van der Waals surface area contributed by atoms with Gasteiger partial charge in [-0.3, -0.25) is 9.20 Å². The normalized spacial score (nSPS) is 22.9. The molecule has 2 N–H and O–H groups in total. The van der Waals surface area contributed by atoms with Crippen molar-refractivity contribution in [2.75, 3.05) is 18.0 Å². The van der Waals surface area contributed by atoms with Crippen molar-refractivity contribution in [2.45, 2.75) is 18.9 Å². The maximum absolute atomic E-state index is 13.2. The molecule has 2 atom stereocenters. The zero-order valence-electron chi connectivity index (χ0n) is 14.5. The highest BCUT2D eigenvalue weighted by atomic mass is 19.1. The number of aliphatic carboxylic acids is 1. The topological polar surface area (TPSA) is 91.0 Å². The Labute approximate surface area is 154 Å². The highest BCUT2D eigenvalue weighted by Crippen LogP contribution is 2.36. The molecule has 0 radical (unpaired) electrons. The summed E-state index contributed by atoms with van der Waals surface area (Å²) in [5.41, 5.74) is -0.0969. The summed E-state index contributed by atoms with van der Waals surface area (Å²) in [6, 6.07) is 11.2. The average molecular weight is 370 g/mol. The second-order valence-electron chi connectivity index (χ2n) is 6.92. The van der Waals surface area contributed by atoms with Crippen LogP contribution in [-0.4, -0.2) is 50.0 Å². The van der Waals surface area contributed by atoms with Gasteiger partial charge in [-0.25, -0.2) is 4.39 Å². The highest BCUT2D eigenvalue weighted by Gasteiger charge is 2.50. The first-order valence-corrected chi connectivity index (χ1v) is 8.70. The minimum absolute atomic E-state index is 0.0799. The number of hydrogen-bond donors (Lipinski definition) is 2. The molecule has 3 aromatic rings. The van der Waals surface area contributed by atoms with Gasteiger partial charge in [-0.1, -0.05) is 18.2 Å². The fourth-order valence-electron chi connectivity index (χ4n) is 3.72. The smallest absolute Gasteiger partial charge is 0.314 e. The number of fused-ring (bicyclic) bond motifs is 1. The Morgan fingerprint density at radius 1 is 1.22 bits per heavy atom. The van der Waals surface area contributed by atoms with Crippen LogP contribution in [0.25, 0.3) is 5.65 Å². The number of pyridine rings is 1. The lowest BCUT2D eigenvalue weighted by Gasteiger charge is -2.43. The zero-order valence-corrected chi connectivity index (χ0v) is 14.5. The molecule has 1 aromatic carbocycles. The minimum atomic E-state index is -1.42. The quantitative estimate of drug-likeness (QED) is 0.727. The van der Waals surface area contributed by atoms with Crippen molar-refractivity contribution in [1.82, 2.24) is 14.6 Å². The Kier molecular flexibility index (Phi) is 4.27. The van der Waals surface area contributed by atoms with Gasteiger partial charge in [0, 0.05) is 19.3 Å². The van der Waals surface area contributed by atoms with Crippen LogP contribution in [0.4, 0.5) is 10.3 Å². The van der Waals surface area contributed by atoms with Crippen LogP contribution in [-0.2, 0) is 11.2 Å². The summed E-state index contributed by atoms with van der Waals surface area (Å²) < 4.78 is 15.0. The van der Waals surface area contributed by atoms with Crippen molar-refractivity contribution < 1.29 is 19.4 Å². The van der Waals surface area contributed by atoms with E-state index in [2.05, 4.69) is 10.2 Å². The number of carboxylic acid groups (broad SMARTS) is 1. The van der Waals surface area contributed by atoms with Gasteiger partial charge in [0.05, 0.1) is 6.10 Å². The molecule has 1 aliphatic rings. The summed E-state index contributed by atoms with van der Waals surface area (Å²) in [6.07, 6.45) is 1.18. The molecular formula is C19H19FN4O3. The molecule has 0 bridgehead atoms. The van der Waals surface area contributed by atoms with Crippen LogP contribution in [0.5, 0.6) is 0 Å². The standard InChI is InChI=1S/C19H19FN4O3/c20-14-6-4-13(5-7-14)11-19(17(26)27)12-23(10-8-15(19)25)18-22-21-16-3-1-2-9-24(16)18/h1-7,9,15,25H,8,10-12H2,(H,26,27)/t15-,19+/m0/s1. The van der Waals surface area contributed by atoms with Crippen LogP contribution in [0.2, 0.25) is 0 Å². The number of carbonyl (C=O) groups is 1. The molecule has 0 amide bonds. The molecule has 1 fully saturated rings. The van der Waals surface area contributed by atoms with Gasteiger partial charge < -0.3 is 15.1 Å². The molecule has 0 unspecified atom stereocenters. The monoisotopic (exact) mass is 370 g/mol. The van der Waals surface area contributed by atoms with Crippen LogP contribution in [0, 0.1) is 11.2 Å². The van der Waals surface area contributed by atoms with Crippen LogP contribution in [0.1, 0.15) is 12.0 Å². The Morgan fingerprint density at radius 2 is 2.00 bits per heavy atom. The second-order valence-corrected chi connectivity index (χ2v) is 6.92. The van der Waals surface area contributed by atoms with Crippen molar-refractivity contribution in [2.24, 2.45) is 5.41 Å². The van der Waals surface area contributed by atoms with Gasteiger partial charge in [0.2, 0.25) is 5.95 Å². The van der Waals surface area contributed by atoms with E-state index in [0.29, 0.717) is 23.7 Å². The predicted molar refractivity (Wildman–Crippen MR) is 96.0 cm³/mol. The molecule has 0 saturated carbocycles. The zero-order chi connectivity index (χ0) is 19.0. The number of halogens is 1. The second kappa shape index (κ2) is 6.62. The number of hydrogen-bond acceptors (Lipinski definition) is 5. The van der Waals surface area contributed by atoms with Gasteiger partial charge in [-0.15, -0.1) is 10.2 Å². The molecule has 2 aromatic heterocycles. The number of piperidine rings is 1. The number of aromatic nitrogens is 3. The summed E-state index contributed by atoms with van der Waals surface area (Å²) >= 11 is 0. The van der Waals surface area contributed by atoms with Crippen LogP contribution in [0.15, 0.2) is 48.7 Å². The van der Waals surface area contributed by atoms with Crippen LogP contribution < -0.4 is 4.90 Å². The van der Waals surface area contributed by atoms with Crippen LogP contribution >= 0.6 is 0 Å². The van der Waals surface area contributed by atoms with Crippen molar-refractivity contribution >= 4 is 17.6 Å². The number of carboxylic acids is 1. The van der Waals surface area contributed by atoms with E-state index in [9.17, 15) is 19.4 Å². The van der Waals surface area contributed by atoms with E-state index in [1.165, 1.54) is 12.1 Å². The fourth-order valence-corrected chi connectivity index (χ4v) is 3.72. The lowest BCUT2D eigenvalue weighted by atomic mass is 9.73. The van der Waals surface area contributed by atoms with E-state index >= 15 is 0 Å². The van der Waals surface area contributed by atoms with Gasteiger partial charge in [0.25, 0.3) is 0 Å². The number of aliphatic hydroxyl groups excluding tert-OH is 1. The Bertz CT molecular complexity index is 975. The van der Waals surface area contributed by atoms with Gasteiger partial charge in [0.1, 0.15) is 11.2 Å². The molecule has 7 nitrogen and oxygen atoms in total. The highest BCUT2D eigenvalue weighted by molar-refractivity contribution is 5.77. The van der Waals surface area contributed by atoms with Crippen molar-refractivity contribution in [3.8, 4) is 0 Å². The Balaban J connectivity index is 1.70. The van der Waals surface area contributed by atoms with Crippen LogP contribution in [0.3, 0.4) is 0 Å². The summed E-state index contributed by atoms with van der Waals surface area (Å²) in [5, 5.41) is 28.9. The van der Waals surface area contributed by atoms with E-state index in [-0.39, 0.29) is 25.2 Å². The molecule has 140 valence electrons. The molecule has 27 heavy (non-hydrogen) atoms. The molecule has 8 heteroatoms. The molecule has 3 heterocycles. The molecule has 0 spiro atoms. The average Bonchev–Trinajstić information content (AvgIpc) is 3.09. The first-order chi connectivity index (χ1) is 13.0. The van der Waals surface area contributed by atoms with E-state index in [1.807, 2.05) is 29.3 Å². The van der Waals surface area contributed by atoms with Gasteiger partial charge >= 0.3 is 5.97 Å². The third-order valence-corrected chi connectivity index (χ3v) is 5.22. The number of anilines is 1.